The number of carbonyl (C=O) groups is 1. The van der Waals surface area contributed by atoms with E-state index < -0.39 is 11.6 Å². The third-order valence-electron chi connectivity index (χ3n) is 6.05. The monoisotopic (exact) mass is 364 g/mol. The second-order valence-corrected chi connectivity index (χ2v) is 7.82. The summed E-state index contributed by atoms with van der Waals surface area (Å²) in [5.41, 5.74) is 0.442. The van der Waals surface area contributed by atoms with E-state index in [0.717, 1.165) is 58.3 Å². The summed E-state index contributed by atoms with van der Waals surface area (Å²) >= 11 is 0. The quantitative estimate of drug-likeness (QED) is 0.755. The van der Waals surface area contributed by atoms with Gasteiger partial charge in [-0.25, -0.2) is 8.78 Å². The van der Waals surface area contributed by atoms with E-state index >= 15 is 0 Å². The van der Waals surface area contributed by atoms with E-state index in [1.165, 1.54) is 6.07 Å². The van der Waals surface area contributed by atoms with Gasteiger partial charge in [-0.2, -0.15) is 0 Å². The molecule has 5 heteroatoms. The van der Waals surface area contributed by atoms with E-state index in [2.05, 4.69) is 16.7 Å². The number of hydrogen-bond acceptors (Lipinski definition) is 2. The van der Waals surface area contributed by atoms with Crippen molar-refractivity contribution in [1.29, 1.82) is 0 Å². The van der Waals surface area contributed by atoms with Crippen LogP contribution in [0.2, 0.25) is 0 Å². The molecule has 0 aromatic heterocycles. The first-order chi connectivity index (χ1) is 12.6. The Morgan fingerprint density at radius 1 is 1.12 bits per heavy atom. The summed E-state index contributed by atoms with van der Waals surface area (Å²) in [6, 6.07) is 4.41. The minimum atomic E-state index is -0.767. The summed E-state index contributed by atoms with van der Waals surface area (Å²) in [5, 5.41) is 0. The summed E-state index contributed by atoms with van der Waals surface area (Å²) in [6.07, 6.45) is 6.00. The fourth-order valence-electron chi connectivity index (χ4n) is 4.38. The van der Waals surface area contributed by atoms with E-state index in [0.29, 0.717) is 36.3 Å². The number of halogens is 2. The zero-order valence-corrected chi connectivity index (χ0v) is 15.7. The predicted molar refractivity (Wildman–Crippen MR) is 98.6 cm³/mol. The van der Waals surface area contributed by atoms with Crippen LogP contribution in [0.15, 0.2) is 18.2 Å². The Bertz CT molecular complexity index is 614. The van der Waals surface area contributed by atoms with E-state index in [1.54, 1.807) is 12.1 Å². The van der Waals surface area contributed by atoms with Crippen molar-refractivity contribution < 1.29 is 13.6 Å². The molecule has 1 aromatic carbocycles. The third kappa shape index (κ3) is 4.61. The minimum absolute atomic E-state index is 0.313. The van der Waals surface area contributed by atoms with Gasteiger partial charge in [-0.15, -0.1) is 0 Å². The molecule has 2 saturated heterocycles. The lowest BCUT2D eigenvalue weighted by atomic mass is 9.83. The Kier molecular flexibility index (Phi) is 6.63. The van der Waals surface area contributed by atoms with Crippen LogP contribution in [0.5, 0.6) is 0 Å². The fraction of sp³-hybridized carbons (Fsp3) is 0.667. The van der Waals surface area contributed by atoms with Crippen LogP contribution in [0.1, 0.15) is 51.0 Å². The first-order valence-corrected chi connectivity index (χ1v) is 10.0. The number of likely N-dealkylation sites (tertiary alicyclic amines) is 2. The second-order valence-electron chi connectivity index (χ2n) is 7.82. The number of benzene rings is 1. The molecule has 26 heavy (non-hydrogen) atoms. The average Bonchev–Trinajstić information content (AvgIpc) is 3.14. The van der Waals surface area contributed by atoms with Crippen LogP contribution in [-0.2, 0) is 11.3 Å². The predicted octanol–water partition coefficient (Wildman–Crippen LogP) is 4.22. The summed E-state index contributed by atoms with van der Waals surface area (Å²) in [4.78, 5) is 16.5. The molecule has 0 unspecified atom stereocenters. The van der Waals surface area contributed by atoms with Crippen molar-refractivity contribution in [2.24, 2.45) is 11.8 Å². The number of rotatable bonds is 6. The van der Waals surface area contributed by atoms with Crippen molar-refractivity contribution in [2.75, 3.05) is 26.2 Å². The molecule has 0 radical (unpaired) electrons. The Balaban J connectivity index is 1.45. The van der Waals surface area contributed by atoms with Crippen LogP contribution < -0.4 is 0 Å². The van der Waals surface area contributed by atoms with Crippen molar-refractivity contribution in [3.05, 3.63) is 35.4 Å². The van der Waals surface area contributed by atoms with Gasteiger partial charge >= 0.3 is 0 Å². The van der Waals surface area contributed by atoms with Crippen LogP contribution in [0.25, 0.3) is 0 Å². The molecule has 0 bridgehead atoms. The van der Waals surface area contributed by atoms with Gasteiger partial charge in [0.05, 0.1) is 0 Å². The maximum atomic E-state index is 13.8. The molecule has 144 valence electrons. The van der Waals surface area contributed by atoms with Gasteiger partial charge in [0.15, 0.2) is 11.6 Å². The zero-order valence-electron chi connectivity index (χ0n) is 15.7. The summed E-state index contributed by atoms with van der Waals surface area (Å²) in [5.74, 6) is 0.0809. The van der Waals surface area contributed by atoms with Gasteiger partial charge in [0.2, 0.25) is 5.91 Å². The molecule has 2 aliphatic rings. The highest BCUT2D eigenvalue weighted by Crippen LogP contribution is 2.32. The van der Waals surface area contributed by atoms with Gasteiger partial charge in [0.25, 0.3) is 0 Å². The van der Waals surface area contributed by atoms with Crippen molar-refractivity contribution in [1.82, 2.24) is 9.80 Å². The number of unbranched alkanes of at least 4 members (excludes halogenated alkanes) is 1. The van der Waals surface area contributed by atoms with Crippen molar-refractivity contribution in [2.45, 2.75) is 52.0 Å². The second kappa shape index (κ2) is 8.94. The number of amides is 1. The maximum Gasteiger partial charge on any atom is 0.222 e. The Morgan fingerprint density at radius 3 is 2.58 bits per heavy atom. The number of piperidine rings is 1. The number of nitrogens with zero attached hydrogens (tertiary/aromatic N) is 2. The van der Waals surface area contributed by atoms with Crippen molar-refractivity contribution in [3.8, 4) is 0 Å². The zero-order chi connectivity index (χ0) is 18.5. The molecule has 0 spiro atoms. The van der Waals surface area contributed by atoms with E-state index in [9.17, 15) is 13.6 Å². The standard InChI is InChI=1S/C21H30F2N2O/c1-2-3-7-20(26)25-13-10-17(15-25)16-8-11-24(12-9-16)14-18-5-4-6-19(22)21(18)23/h4-6,16-17H,2-3,7-15H2,1H3/t17-/m1/s1. The Morgan fingerprint density at radius 2 is 1.85 bits per heavy atom. The summed E-state index contributed by atoms with van der Waals surface area (Å²) < 4.78 is 27.2. The lowest BCUT2D eigenvalue weighted by Crippen LogP contribution is -2.37. The molecule has 2 aliphatic heterocycles. The van der Waals surface area contributed by atoms with E-state index in [1.807, 2.05) is 0 Å². The highest BCUT2D eigenvalue weighted by atomic mass is 19.2. The molecule has 3 nitrogen and oxygen atoms in total. The molecule has 0 N–H and O–H groups in total. The third-order valence-corrected chi connectivity index (χ3v) is 6.05. The molecule has 3 rings (SSSR count). The molecule has 1 amide bonds. The minimum Gasteiger partial charge on any atom is -0.342 e. The van der Waals surface area contributed by atoms with Crippen LogP contribution in [0.3, 0.4) is 0 Å². The normalized spacial score (nSPS) is 22.1. The molecule has 0 aliphatic carbocycles. The van der Waals surface area contributed by atoms with Crippen molar-refractivity contribution >= 4 is 5.91 Å². The van der Waals surface area contributed by atoms with E-state index in [4.69, 9.17) is 0 Å². The number of hydrogen-bond donors (Lipinski definition) is 0. The average molecular weight is 364 g/mol. The van der Waals surface area contributed by atoms with Crippen molar-refractivity contribution in [3.63, 3.8) is 0 Å². The maximum absolute atomic E-state index is 13.8. The fourth-order valence-corrected chi connectivity index (χ4v) is 4.38. The van der Waals surface area contributed by atoms with Gasteiger partial charge < -0.3 is 4.90 Å². The highest BCUT2D eigenvalue weighted by Gasteiger charge is 2.33. The molecule has 0 saturated carbocycles. The van der Waals surface area contributed by atoms with Crippen LogP contribution in [0.4, 0.5) is 8.78 Å². The molecule has 2 heterocycles. The summed E-state index contributed by atoms with van der Waals surface area (Å²) in [7, 11) is 0. The molecular weight excluding hydrogens is 334 g/mol. The Hall–Kier alpha value is -1.49. The SMILES string of the molecule is CCCCC(=O)N1CC[C@@H](C2CCN(Cc3cccc(F)c3F)CC2)C1. The first-order valence-electron chi connectivity index (χ1n) is 10.0. The van der Waals surface area contributed by atoms with E-state index in [-0.39, 0.29) is 0 Å². The molecule has 2 fully saturated rings. The number of carbonyl (C=O) groups excluding carboxylic acids is 1. The lowest BCUT2D eigenvalue weighted by molar-refractivity contribution is -0.130. The molecular formula is C21H30F2N2O. The van der Waals surface area contributed by atoms with Crippen LogP contribution >= 0.6 is 0 Å². The van der Waals surface area contributed by atoms with Crippen LogP contribution in [0, 0.1) is 23.5 Å². The summed E-state index contributed by atoms with van der Waals surface area (Å²) in [6.45, 7) is 6.24. The van der Waals surface area contributed by atoms with Gasteiger partial charge in [0, 0.05) is 31.6 Å². The smallest absolute Gasteiger partial charge is 0.222 e. The lowest BCUT2D eigenvalue weighted by Gasteiger charge is -2.35. The highest BCUT2D eigenvalue weighted by molar-refractivity contribution is 5.76. The largest absolute Gasteiger partial charge is 0.342 e. The van der Waals surface area contributed by atoms with Gasteiger partial charge in [0.1, 0.15) is 0 Å². The Labute approximate surface area is 155 Å². The topological polar surface area (TPSA) is 23.6 Å². The molecule has 1 aromatic rings. The molecule has 1 atom stereocenters. The van der Waals surface area contributed by atoms with Crippen LogP contribution in [-0.4, -0.2) is 41.9 Å². The first kappa shape index (κ1) is 19.3. The van der Waals surface area contributed by atoms with Gasteiger partial charge in [-0.1, -0.05) is 25.5 Å². The van der Waals surface area contributed by atoms with Gasteiger partial charge in [-0.3, -0.25) is 9.69 Å². The van der Waals surface area contributed by atoms with Gasteiger partial charge in [-0.05, 0) is 56.7 Å².